The van der Waals surface area contributed by atoms with Gasteiger partial charge in [0, 0.05) is 0 Å². The van der Waals surface area contributed by atoms with Crippen molar-refractivity contribution in [2.24, 2.45) is 0 Å². The van der Waals surface area contributed by atoms with Crippen LogP contribution >= 0.6 is 11.6 Å². The molecule has 0 amide bonds. The van der Waals surface area contributed by atoms with Crippen LogP contribution in [0.2, 0.25) is 5.02 Å². The first-order chi connectivity index (χ1) is 10.3. The molecular formula is C16H14ClNO3. The van der Waals surface area contributed by atoms with Crippen molar-refractivity contribution in [2.75, 3.05) is 20.3 Å². The second kappa shape index (κ2) is 7.41. The molecule has 4 nitrogen and oxygen atoms in total. The van der Waals surface area contributed by atoms with Gasteiger partial charge in [-0.2, -0.15) is 5.26 Å². The lowest BCUT2D eigenvalue weighted by Crippen LogP contribution is -2.10. The lowest BCUT2D eigenvalue weighted by molar-refractivity contribution is 0.211. The average Bonchev–Trinajstić information content (AvgIpc) is 2.52. The predicted molar refractivity (Wildman–Crippen MR) is 80.2 cm³/mol. The fourth-order valence-corrected chi connectivity index (χ4v) is 1.96. The van der Waals surface area contributed by atoms with Gasteiger partial charge in [0.2, 0.25) is 0 Å². The van der Waals surface area contributed by atoms with E-state index >= 15 is 0 Å². The molecule has 0 aliphatic carbocycles. The molecule has 21 heavy (non-hydrogen) atoms. The second-order valence-corrected chi connectivity index (χ2v) is 4.48. The van der Waals surface area contributed by atoms with Crippen LogP contribution in [0.1, 0.15) is 5.56 Å². The SMILES string of the molecule is COc1cccc(C#N)c1OCCOc1ccccc1Cl. The van der Waals surface area contributed by atoms with E-state index in [9.17, 15) is 0 Å². The highest BCUT2D eigenvalue weighted by molar-refractivity contribution is 6.32. The van der Waals surface area contributed by atoms with E-state index in [-0.39, 0.29) is 6.61 Å². The molecule has 5 heteroatoms. The number of ether oxygens (including phenoxy) is 3. The van der Waals surface area contributed by atoms with E-state index in [0.717, 1.165) is 0 Å². The van der Waals surface area contributed by atoms with Crippen LogP contribution in [-0.2, 0) is 0 Å². The number of nitriles is 1. The number of rotatable bonds is 6. The number of hydrogen-bond donors (Lipinski definition) is 0. The molecule has 0 aliphatic heterocycles. The van der Waals surface area contributed by atoms with Crippen molar-refractivity contribution in [1.29, 1.82) is 5.26 Å². The van der Waals surface area contributed by atoms with E-state index in [0.29, 0.717) is 34.4 Å². The molecule has 0 fully saturated rings. The molecule has 0 aliphatic rings. The summed E-state index contributed by atoms with van der Waals surface area (Å²) in [7, 11) is 1.53. The molecule has 0 heterocycles. The Morgan fingerprint density at radius 3 is 2.43 bits per heavy atom. The fraction of sp³-hybridized carbons (Fsp3) is 0.188. The van der Waals surface area contributed by atoms with Crippen LogP contribution in [-0.4, -0.2) is 20.3 Å². The lowest BCUT2D eigenvalue weighted by Gasteiger charge is -2.12. The molecule has 2 rings (SSSR count). The molecule has 0 bridgehead atoms. The zero-order valence-electron chi connectivity index (χ0n) is 11.5. The Bertz CT molecular complexity index is 652. The van der Waals surface area contributed by atoms with Crippen LogP contribution < -0.4 is 14.2 Å². The van der Waals surface area contributed by atoms with Gasteiger partial charge in [-0.05, 0) is 24.3 Å². The molecule has 0 saturated heterocycles. The van der Waals surface area contributed by atoms with E-state index in [1.165, 1.54) is 7.11 Å². The fourth-order valence-electron chi connectivity index (χ4n) is 1.77. The minimum absolute atomic E-state index is 0.278. The molecule has 0 spiro atoms. The van der Waals surface area contributed by atoms with Crippen molar-refractivity contribution in [3.05, 3.63) is 53.1 Å². The summed E-state index contributed by atoms with van der Waals surface area (Å²) in [6.07, 6.45) is 0. The number of halogens is 1. The maximum absolute atomic E-state index is 9.08. The maximum atomic E-state index is 9.08. The first-order valence-electron chi connectivity index (χ1n) is 6.33. The maximum Gasteiger partial charge on any atom is 0.179 e. The molecule has 108 valence electrons. The summed E-state index contributed by atoms with van der Waals surface area (Å²) in [6.45, 7) is 0.590. The number of methoxy groups -OCH3 is 1. The highest BCUT2D eigenvalue weighted by atomic mass is 35.5. The average molecular weight is 304 g/mol. The van der Waals surface area contributed by atoms with Crippen LogP contribution in [0.4, 0.5) is 0 Å². The van der Waals surface area contributed by atoms with Crippen molar-refractivity contribution >= 4 is 11.6 Å². The van der Waals surface area contributed by atoms with Crippen LogP contribution in [0, 0.1) is 11.3 Å². The zero-order valence-corrected chi connectivity index (χ0v) is 12.3. The van der Waals surface area contributed by atoms with Crippen LogP contribution in [0.15, 0.2) is 42.5 Å². The summed E-state index contributed by atoms with van der Waals surface area (Å²) in [5, 5.41) is 9.62. The quantitative estimate of drug-likeness (QED) is 0.764. The van der Waals surface area contributed by atoms with Crippen molar-refractivity contribution < 1.29 is 14.2 Å². The first kappa shape index (κ1) is 15.0. The van der Waals surface area contributed by atoms with E-state index in [1.807, 2.05) is 12.1 Å². The Balaban J connectivity index is 1.95. The van der Waals surface area contributed by atoms with Gasteiger partial charge in [0.25, 0.3) is 0 Å². The minimum Gasteiger partial charge on any atom is -0.493 e. The molecule has 2 aromatic carbocycles. The van der Waals surface area contributed by atoms with Gasteiger partial charge in [0.05, 0.1) is 17.7 Å². The van der Waals surface area contributed by atoms with Crippen molar-refractivity contribution in [3.63, 3.8) is 0 Å². The van der Waals surface area contributed by atoms with Gasteiger partial charge < -0.3 is 14.2 Å². The summed E-state index contributed by atoms with van der Waals surface area (Å²) < 4.78 is 16.3. The molecule has 0 unspecified atom stereocenters. The van der Waals surface area contributed by atoms with Gasteiger partial charge in [-0.25, -0.2) is 0 Å². The van der Waals surface area contributed by atoms with E-state index in [1.54, 1.807) is 30.3 Å². The first-order valence-corrected chi connectivity index (χ1v) is 6.71. The third-order valence-electron chi connectivity index (χ3n) is 2.74. The molecule has 0 N–H and O–H groups in total. The standard InChI is InChI=1S/C16H14ClNO3/c1-19-15-8-4-5-12(11-18)16(15)21-10-9-20-14-7-3-2-6-13(14)17/h2-8H,9-10H2,1H3. The van der Waals surface area contributed by atoms with Gasteiger partial charge in [0.15, 0.2) is 11.5 Å². The molecule has 0 aromatic heterocycles. The third kappa shape index (κ3) is 3.80. The summed E-state index contributed by atoms with van der Waals surface area (Å²) in [5.74, 6) is 1.54. The van der Waals surface area contributed by atoms with Crippen LogP contribution in [0.5, 0.6) is 17.2 Å². The zero-order chi connectivity index (χ0) is 15.1. The molecule has 0 radical (unpaired) electrons. The monoisotopic (exact) mass is 303 g/mol. The van der Waals surface area contributed by atoms with Crippen molar-refractivity contribution in [1.82, 2.24) is 0 Å². The van der Waals surface area contributed by atoms with E-state index in [2.05, 4.69) is 6.07 Å². The summed E-state index contributed by atoms with van der Waals surface area (Å²) in [6, 6.07) is 14.4. The lowest BCUT2D eigenvalue weighted by atomic mass is 10.2. The van der Waals surface area contributed by atoms with Gasteiger partial charge in [-0.1, -0.05) is 29.8 Å². The van der Waals surface area contributed by atoms with Gasteiger partial charge in [0.1, 0.15) is 25.0 Å². The predicted octanol–water partition coefficient (Wildman–Crippen LogP) is 3.68. The van der Waals surface area contributed by atoms with Gasteiger partial charge in [-0.3, -0.25) is 0 Å². The van der Waals surface area contributed by atoms with Crippen molar-refractivity contribution in [2.45, 2.75) is 0 Å². The Labute approximate surface area is 128 Å². The normalized spacial score (nSPS) is 9.76. The Morgan fingerprint density at radius 1 is 1.00 bits per heavy atom. The summed E-state index contributed by atoms with van der Waals surface area (Å²) >= 11 is 5.99. The smallest absolute Gasteiger partial charge is 0.179 e. The Kier molecular flexibility index (Phi) is 5.30. The highest BCUT2D eigenvalue weighted by Gasteiger charge is 2.10. The highest BCUT2D eigenvalue weighted by Crippen LogP contribution is 2.30. The number of para-hydroxylation sites is 2. The topological polar surface area (TPSA) is 51.5 Å². The second-order valence-electron chi connectivity index (χ2n) is 4.08. The van der Waals surface area contributed by atoms with Gasteiger partial charge in [-0.15, -0.1) is 0 Å². The van der Waals surface area contributed by atoms with E-state index in [4.69, 9.17) is 31.1 Å². The molecular weight excluding hydrogens is 290 g/mol. The number of nitrogens with zero attached hydrogens (tertiary/aromatic N) is 1. The molecule has 0 atom stereocenters. The van der Waals surface area contributed by atoms with Crippen molar-refractivity contribution in [3.8, 4) is 23.3 Å². The molecule has 2 aromatic rings. The third-order valence-corrected chi connectivity index (χ3v) is 3.06. The Morgan fingerprint density at radius 2 is 1.71 bits per heavy atom. The Hall–Kier alpha value is -2.38. The number of benzene rings is 2. The molecule has 0 saturated carbocycles. The van der Waals surface area contributed by atoms with E-state index < -0.39 is 0 Å². The van der Waals surface area contributed by atoms with Crippen LogP contribution in [0.3, 0.4) is 0 Å². The minimum atomic E-state index is 0.278. The van der Waals surface area contributed by atoms with Gasteiger partial charge >= 0.3 is 0 Å². The number of hydrogen-bond acceptors (Lipinski definition) is 4. The summed E-state index contributed by atoms with van der Waals surface area (Å²) in [4.78, 5) is 0. The largest absolute Gasteiger partial charge is 0.493 e. The van der Waals surface area contributed by atoms with Crippen LogP contribution in [0.25, 0.3) is 0 Å². The summed E-state index contributed by atoms with van der Waals surface area (Å²) in [5.41, 5.74) is 0.423.